The lowest BCUT2D eigenvalue weighted by Crippen LogP contribution is -2.15. The zero-order chi connectivity index (χ0) is 15.6. The quantitative estimate of drug-likeness (QED) is 0.848. The van der Waals surface area contributed by atoms with Crippen LogP contribution in [0.1, 0.15) is 5.56 Å². The van der Waals surface area contributed by atoms with Crippen molar-refractivity contribution in [3.05, 3.63) is 52.8 Å². The van der Waals surface area contributed by atoms with Crippen LogP contribution in [0.15, 0.2) is 41.3 Å². The molecule has 0 unspecified atom stereocenters. The Morgan fingerprint density at radius 2 is 2.00 bits per heavy atom. The van der Waals surface area contributed by atoms with Gasteiger partial charge in [0, 0.05) is 5.69 Å². The van der Waals surface area contributed by atoms with E-state index < -0.39 is 26.3 Å². The Bertz CT molecular complexity index is 847. The number of nitrogens with two attached hydrogens (primary N) is 1. The zero-order valence-corrected chi connectivity index (χ0v) is 12.0. The molecule has 0 saturated heterocycles. The van der Waals surface area contributed by atoms with E-state index in [1.165, 1.54) is 30.3 Å². The van der Waals surface area contributed by atoms with Crippen LogP contribution in [0.2, 0.25) is 5.02 Å². The molecular weight excluding hydrogens is 317 g/mol. The average molecular weight is 326 g/mol. The SMILES string of the molecule is N#Cc1c(F)cccc1S(=O)(=O)Nc1ccc(N)cc1Cl. The maximum atomic E-state index is 13.5. The summed E-state index contributed by atoms with van der Waals surface area (Å²) in [6, 6.07) is 9.08. The Morgan fingerprint density at radius 1 is 1.29 bits per heavy atom. The van der Waals surface area contributed by atoms with Crippen molar-refractivity contribution in [2.75, 3.05) is 10.5 Å². The van der Waals surface area contributed by atoms with Crippen molar-refractivity contribution < 1.29 is 12.8 Å². The number of rotatable bonds is 3. The van der Waals surface area contributed by atoms with Gasteiger partial charge in [-0.25, -0.2) is 12.8 Å². The van der Waals surface area contributed by atoms with Gasteiger partial charge in [0.15, 0.2) is 0 Å². The van der Waals surface area contributed by atoms with E-state index in [-0.39, 0.29) is 10.7 Å². The van der Waals surface area contributed by atoms with Crippen molar-refractivity contribution in [3.63, 3.8) is 0 Å². The molecule has 0 aliphatic carbocycles. The van der Waals surface area contributed by atoms with Crippen LogP contribution in [0.25, 0.3) is 0 Å². The average Bonchev–Trinajstić information content (AvgIpc) is 2.41. The predicted octanol–water partition coefficient (Wildman–Crippen LogP) is 2.73. The van der Waals surface area contributed by atoms with Crippen molar-refractivity contribution in [1.82, 2.24) is 0 Å². The highest BCUT2D eigenvalue weighted by Crippen LogP contribution is 2.27. The standard InChI is InChI=1S/C13H9ClFN3O2S/c14-10-6-8(17)4-5-12(10)18-21(19,20)13-3-1-2-11(15)9(13)7-16/h1-6,18H,17H2. The number of anilines is 2. The normalized spacial score (nSPS) is 10.9. The summed E-state index contributed by atoms with van der Waals surface area (Å²) >= 11 is 5.88. The number of nitrogens with zero attached hydrogens (tertiary/aromatic N) is 1. The molecule has 0 aliphatic heterocycles. The van der Waals surface area contributed by atoms with Crippen molar-refractivity contribution in [3.8, 4) is 6.07 Å². The molecule has 0 fully saturated rings. The molecule has 2 aromatic rings. The number of sulfonamides is 1. The second kappa shape index (κ2) is 5.60. The number of hydrogen-bond donors (Lipinski definition) is 2. The lowest BCUT2D eigenvalue weighted by Gasteiger charge is -2.11. The molecule has 0 radical (unpaired) electrons. The third-order valence-corrected chi connectivity index (χ3v) is 4.33. The van der Waals surface area contributed by atoms with E-state index in [0.717, 1.165) is 12.1 Å². The van der Waals surface area contributed by atoms with E-state index >= 15 is 0 Å². The zero-order valence-electron chi connectivity index (χ0n) is 10.5. The second-order valence-electron chi connectivity index (χ2n) is 4.07. The molecule has 8 heteroatoms. The molecule has 0 bridgehead atoms. The van der Waals surface area contributed by atoms with Crippen molar-refractivity contribution in [2.24, 2.45) is 0 Å². The van der Waals surface area contributed by atoms with Crippen LogP contribution in [0.3, 0.4) is 0 Å². The Hall–Kier alpha value is -2.30. The first-order valence-electron chi connectivity index (χ1n) is 5.61. The van der Waals surface area contributed by atoms with E-state index in [1.54, 1.807) is 0 Å². The van der Waals surface area contributed by atoms with Crippen LogP contribution in [0.5, 0.6) is 0 Å². The smallest absolute Gasteiger partial charge is 0.263 e. The summed E-state index contributed by atoms with van der Waals surface area (Å²) in [7, 11) is -4.15. The Morgan fingerprint density at radius 3 is 2.62 bits per heavy atom. The Labute approximate surface area is 125 Å². The molecule has 0 aliphatic rings. The van der Waals surface area contributed by atoms with Gasteiger partial charge in [0.1, 0.15) is 22.3 Å². The number of nitriles is 1. The second-order valence-corrected chi connectivity index (χ2v) is 6.13. The highest BCUT2D eigenvalue weighted by Gasteiger charge is 2.22. The predicted molar refractivity (Wildman–Crippen MR) is 77.8 cm³/mol. The monoisotopic (exact) mass is 325 g/mol. The number of benzene rings is 2. The molecule has 0 heterocycles. The summed E-state index contributed by atoms with van der Waals surface area (Å²) in [5, 5.41) is 8.99. The van der Waals surface area contributed by atoms with E-state index in [0.29, 0.717) is 5.69 Å². The van der Waals surface area contributed by atoms with Crippen LogP contribution >= 0.6 is 11.6 Å². The minimum atomic E-state index is -4.15. The van der Waals surface area contributed by atoms with E-state index in [9.17, 15) is 12.8 Å². The van der Waals surface area contributed by atoms with Gasteiger partial charge in [-0.15, -0.1) is 0 Å². The van der Waals surface area contributed by atoms with Crippen LogP contribution in [-0.2, 0) is 10.0 Å². The lowest BCUT2D eigenvalue weighted by molar-refractivity contribution is 0.593. The first-order valence-corrected chi connectivity index (χ1v) is 7.48. The third-order valence-electron chi connectivity index (χ3n) is 2.61. The molecule has 3 N–H and O–H groups in total. The molecule has 21 heavy (non-hydrogen) atoms. The fourth-order valence-electron chi connectivity index (χ4n) is 1.65. The molecule has 5 nitrogen and oxygen atoms in total. The molecule has 0 saturated carbocycles. The molecule has 0 spiro atoms. The highest BCUT2D eigenvalue weighted by molar-refractivity contribution is 7.92. The largest absolute Gasteiger partial charge is 0.399 e. The molecule has 2 rings (SSSR count). The fraction of sp³-hybridized carbons (Fsp3) is 0. The van der Waals surface area contributed by atoms with Gasteiger partial charge in [-0.1, -0.05) is 17.7 Å². The number of nitrogens with one attached hydrogen (secondary N) is 1. The molecule has 0 atom stereocenters. The Kier molecular flexibility index (Phi) is 4.02. The number of halogens is 2. The van der Waals surface area contributed by atoms with Gasteiger partial charge < -0.3 is 5.73 Å². The van der Waals surface area contributed by atoms with Crippen molar-refractivity contribution in [2.45, 2.75) is 4.90 Å². The number of hydrogen-bond acceptors (Lipinski definition) is 4. The first kappa shape index (κ1) is 15.1. The van der Waals surface area contributed by atoms with E-state index in [4.69, 9.17) is 22.6 Å². The summed E-state index contributed by atoms with van der Waals surface area (Å²) in [6.07, 6.45) is 0. The van der Waals surface area contributed by atoms with E-state index in [1.807, 2.05) is 0 Å². The van der Waals surface area contributed by atoms with Crippen LogP contribution in [0.4, 0.5) is 15.8 Å². The van der Waals surface area contributed by atoms with Gasteiger partial charge in [0.25, 0.3) is 10.0 Å². The summed E-state index contributed by atoms with van der Waals surface area (Å²) in [5.41, 5.74) is 5.40. The topological polar surface area (TPSA) is 96.0 Å². The Balaban J connectivity index is 2.49. The van der Waals surface area contributed by atoms with E-state index in [2.05, 4.69) is 4.72 Å². The van der Waals surface area contributed by atoms with Gasteiger partial charge in [-0.3, -0.25) is 4.72 Å². The molecule has 108 valence electrons. The first-order chi connectivity index (χ1) is 9.85. The summed E-state index contributed by atoms with van der Waals surface area (Å²) in [4.78, 5) is -0.460. The lowest BCUT2D eigenvalue weighted by atomic mass is 10.2. The minimum Gasteiger partial charge on any atom is -0.399 e. The minimum absolute atomic E-state index is 0.0824. The summed E-state index contributed by atoms with van der Waals surface area (Å²) in [5.74, 6) is -0.913. The molecule has 2 aromatic carbocycles. The highest BCUT2D eigenvalue weighted by atomic mass is 35.5. The van der Waals surface area contributed by atoms with Gasteiger partial charge in [-0.2, -0.15) is 5.26 Å². The summed E-state index contributed by atoms with van der Waals surface area (Å²) < 4.78 is 40.2. The van der Waals surface area contributed by atoms with Crippen molar-refractivity contribution >= 4 is 33.0 Å². The summed E-state index contributed by atoms with van der Waals surface area (Å²) in [6.45, 7) is 0. The maximum absolute atomic E-state index is 13.5. The molecule has 0 amide bonds. The van der Waals surface area contributed by atoms with Gasteiger partial charge in [0.2, 0.25) is 0 Å². The fourth-order valence-corrected chi connectivity index (χ4v) is 3.19. The van der Waals surface area contributed by atoms with Gasteiger partial charge in [0.05, 0.1) is 10.7 Å². The number of nitrogen functional groups attached to an aromatic ring is 1. The maximum Gasteiger partial charge on any atom is 0.263 e. The van der Waals surface area contributed by atoms with Crippen molar-refractivity contribution in [1.29, 1.82) is 5.26 Å². The van der Waals surface area contributed by atoms with Gasteiger partial charge in [-0.05, 0) is 30.3 Å². The van der Waals surface area contributed by atoms with Crippen LogP contribution in [0, 0.1) is 17.1 Å². The van der Waals surface area contributed by atoms with Gasteiger partial charge >= 0.3 is 0 Å². The molecule has 0 aromatic heterocycles. The van der Waals surface area contributed by atoms with Crippen LogP contribution in [-0.4, -0.2) is 8.42 Å². The third kappa shape index (κ3) is 3.07. The van der Waals surface area contributed by atoms with Crippen LogP contribution < -0.4 is 10.5 Å². The molecular formula is C13H9ClFN3O2S.